The second kappa shape index (κ2) is 11.2. The highest BCUT2D eigenvalue weighted by Gasteiger charge is 2.44. The summed E-state index contributed by atoms with van der Waals surface area (Å²) >= 11 is 13.9. The van der Waals surface area contributed by atoms with Crippen molar-refractivity contribution in [3.63, 3.8) is 0 Å². The second-order valence-electron chi connectivity index (χ2n) is 8.75. The van der Waals surface area contributed by atoms with E-state index in [9.17, 15) is 9.59 Å². The Morgan fingerprint density at radius 1 is 1.15 bits per heavy atom. The molecule has 1 atom stereocenters. The summed E-state index contributed by atoms with van der Waals surface area (Å²) < 4.78 is 0. The molecule has 2 heterocycles. The number of hydrogen-bond acceptors (Lipinski definition) is 4. The van der Waals surface area contributed by atoms with Crippen molar-refractivity contribution in [3.8, 4) is 0 Å². The predicted molar refractivity (Wildman–Crippen MR) is 141 cm³/mol. The fourth-order valence-electron chi connectivity index (χ4n) is 4.34. The molecule has 182 valence electrons. The number of carbonyl (C=O) groups excluding carboxylic acids is 2. The van der Waals surface area contributed by atoms with Crippen LogP contribution < -0.4 is 16.0 Å². The number of carbonyl (C=O) groups is 2. The third-order valence-corrected chi connectivity index (χ3v) is 8.63. The summed E-state index contributed by atoms with van der Waals surface area (Å²) in [6.07, 6.45) is 3.24. The molecule has 0 aliphatic carbocycles. The van der Waals surface area contributed by atoms with E-state index in [1.807, 2.05) is 35.2 Å². The van der Waals surface area contributed by atoms with Gasteiger partial charge in [0, 0.05) is 41.1 Å². The minimum atomic E-state index is -0.233. The van der Waals surface area contributed by atoms with E-state index < -0.39 is 0 Å². The maximum atomic E-state index is 12.7. The Labute approximate surface area is 215 Å². The smallest absolute Gasteiger partial charge is 0.321 e. The lowest BCUT2D eigenvalue weighted by Crippen LogP contribution is -2.55. The molecule has 9 heteroatoms. The summed E-state index contributed by atoms with van der Waals surface area (Å²) in [5, 5.41) is 10.8. The summed E-state index contributed by atoms with van der Waals surface area (Å²) in [4.78, 5) is 27.1. The summed E-state index contributed by atoms with van der Waals surface area (Å²) in [7, 11) is 0. The van der Waals surface area contributed by atoms with Crippen LogP contribution in [0, 0.1) is 0 Å². The molecule has 2 aliphatic heterocycles. The SMILES string of the molecule is CCc1ccc(NC(=O)N2CCC3(CC2)NC(C(=O)NCCc2ccc(Cl)cc2Cl)CS3)cc1. The highest BCUT2D eigenvalue weighted by Crippen LogP contribution is 2.39. The fraction of sp³-hybridized carbons (Fsp3) is 0.440. The van der Waals surface area contributed by atoms with Crippen molar-refractivity contribution in [2.45, 2.75) is 43.5 Å². The molecule has 0 saturated carbocycles. The first-order chi connectivity index (χ1) is 16.4. The quantitative estimate of drug-likeness (QED) is 0.504. The molecule has 34 heavy (non-hydrogen) atoms. The molecule has 0 bridgehead atoms. The van der Waals surface area contributed by atoms with Gasteiger partial charge in [-0.05, 0) is 61.1 Å². The van der Waals surface area contributed by atoms with Crippen LogP contribution in [0.5, 0.6) is 0 Å². The van der Waals surface area contributed by atoms with Gasteiger partial charge < -0.3 is 15.5 Å². The van der Waals surface area contributed by atoms with E-state index >= 15 is 0 Å². The molecule has 2 aromatic rings. The highest BCUT2D eigenvalue weighted by atomic mass is 35.5. The molecular formula is C25H30Cl2N4O2S. The van der Waals surface area contributed by atoms with Crippen molar-refractivity contribution in [2.24, 2.45) is 0 Å². The summed E-state index contributed by atoms with van der Waals surface area (Å²) in [5.74, 6) is 0.730. The minimum absolute atomic E-state index is 0.00478. The van der Waals surface area contributed by atoms with Gasteiger partial charge in [0.1, 0.15) is 0 Å². The number of benzene rings is 2. The van der Waals surface area contributed by atoms with Crippen LogP contribution in [0.1, 0.15) is 30.9 Å². The van der Waals surface area contributed by atoms with Gasteiger partial charge in [0.25, 0.3) is 0 Å². The van der Waals surface area contributed by atoms with E-state index in [0.717, 1.165) is 36.3 Å². The Morgan fingerprint density at radius 2 is 1.88 bits per heavy atom. The van der Waals surface area contributed by atoms with E-state index in [1.165, 1.54) is 5.56 Å². The summed E-state index contributed by atoms with van der Waals surface area (Å²) in [6, 6.07) is 13.1. The van der Waals surface area contributed by atoms with Crippen molar-refractivity contribution in [1.29, 1.82) is 0 Å². The van der Waals surface area contributed by atoms with Crippen molar-refractivity contribution in [3.05, 3.63) is 63.6 Å². The molecule has 3 amide bonds. The normalized spacial score (nSPS) is 19.3. The van der Waals surface area contributed by atoms with E-state index in [1.54, 1.807) is 23.9 Å². The second-order valence-corrected chi connectivity index (χ2v) is 11.0. The van der Waals surface area contributed by atoms with Crippen molar-refractivity contribution in [2.75, 3.05) is 30.7 Å². The number of amides is 3. The molecule has 2 saturated heterocycles. The average Bonchev–Trinajstić information content (AvgIpc) is 3.25. The third kappa shape index (κ3) is 6.19. The zero-order valence-electron chi connectivity index (χ0n) is 19.2. The molecule has 6 nitrogen and oxygen atoms in total. The average molecular weight is 522 g/mol. The molecule has 2 aliphatic rings. The Balaban J connectivity index is 1.21. The Hall–Kier alpha value is -1.93. The Bertz CT molecular complexity index is 1030. The van der Waals surface area contributed by atoms with Crippen molar-refractivity contribution in [1.82, 2.24) is 15.5 Å². The number of urea groups is 1. The Kier molecular flexibility index (Phi) is 8.30. The zero-order valence-corrected chi connectivity index (χ0v) is 21.5. The highest BCUT2D eigenvalue weighted by molar-refractivity contribution is 8.01. The molecular weight excluding hydrogens is 491 g/mol. The number of piperidine rings is 1. The van der Waals surface area contributed by atoms with Gasteiger partial charge >= 0.3 is 6.03 Å². The van der Waals surface area contributed by atoms with E-state index in [2.05, 4.69) is 22.9 Å². The van der Waals surface area contributed by atoms with Crippen LogP contribution in [0.2, 0.25) is 10.0 Å². The molecule has 0 radical (unpaired) electrons. The molecule has 0 aromatic heterocycles. The maximum Gasteiger partial charge on any atom is 0.321 e. The number of rotatable bonds is 6. The molecule has 1 unspecified atom stereocenters. The number of nitrogens with one attached hydrogen (secondary N) is 3. The Morgan fingerprint density at radius 3 is 2.56 bits per heavy atom. The monoisotopic (exact) mass is 520 g/mol. The number of hydrogen-bond donors (Lipinski definition) is 3. The maximum absolute atomic E-state index is 12.7. The lowest BCUT2D eigenvalue weighted by molar-refractivity contribution is -0.122. The largest absolute Gasteiger partial charge is 0.354 e. The van der Waals surface area contributed by atoms with Gasteiger partial charge in [-0.2, -0.15) is 0 Å². The first-order valence-corrected chi connectivity index (χ1v) is 13.4. The number of aryl methyl sites for hydroxylation is 1. The van der Waals surface area contributed by atoms with Crippen LogP contribution >= 0.6 is 35.0 Å². The van der Waals surface area contributed by atoms with Gasteiger partial charge in [0.15, 0.2) is 0 Å². The first-order valence-electron chi connectivity index (χ1n) is 11.7. The zero-order chi connectivity index (χ0) is 24.1. The van der Waals surface area contributed by atoms with Crippen LogP contribution in [0.15, 0.2) is 42.5 Å². The predicted octanol–water partition coefficient (Wildman–Crippen LogP) is 4.94. The summed E-state index contributed by atoms with van der Waals surface area (Å²) in [6.45, 7) is 3.94. The van der Waals surface area contributed by atoms with Gasteiger partial charge in [-0.1, -0.05) is 48.3 Å². The number of anilines is 1. The third-order valence-electron chi connectivity index (χ3n) is 6.46. The molecule has 3 N–H and O–H groups in total. The standard InChI is InChI=1S/C25H30Cl2N4O2S/c1-2-17-3-7-20(8-4-17)29-24(33)31-13-10-25(11-14-31)30-22(16-34-25)23(32)28-12-9-18-5-6-19(26)15-21(18)27/h3-8,15,22,30H,2,9-14,16H2,1H3,(H,28,32)(H,29,33). The minimum Gasteiger partial charge on any atom is -0.354 e. The summed E-state index contributed by atoms with van der Waals surface area (Å²) in [5.41, 5.74) is 3.02. The number of nitrogens with zero attached hydrogens (tertiary/aromatic N) is 1. The van der Waals surface area contributed by atoms with E-state index in [0.29, 0.717) is 36.1 Å². The molecule has 2 aromatic carbocycles. The van der Waals surface area contributed by atoms with Crippen LogP contribution in [-0.2, 0) is 17.6 Å². The van der Waals surface area contributed by atoms with Gasteiger partial charge in [-0.15, -0.1) is 11.8 Å². The van der Waals surface area contributed by atoms with Crippen LogP contribution in [0.4, 0.5) is 10.5 Å². The van der Waals surface area contributed by atoms with Gasteiger partial charge in [-0.25, -0.2) is 4.79 Å². The fourth-order valence-corrected chi connectivity index (χ4v) is 6.26. The van der Waals surface area contributed by atoms with Gasteiger partial charge in [-0.3, -0.25) is 10.1 Å². The van der Waals surface area contributed by atoms with Crippen LogP contribution in [0.25, 0.3) is 0 Å². The molecule has 4 rings (SSSR count). The number of thioether (sulfide) groups is 1. The van der Waals surface area contributed by atoms with Crippen molar-refractivity contribution >= 4 is 52.6 Å². The lowest BCUT2D eigenvalue weighted by Gasteiger charge is -2.39. The molecule has 1 spiro atoms. The first kappa shape index (κ1) is 25.2. The number of likely N-dealkylation sites (tertiary alicyclic amines) is 1. The number of halogens is 2. The van der Waals surface area contributed by atoms with Crippen molar-refractivity contribution < 1.29 is 9.59 Å². The van der Waals surface area contributed by atoms with Crippen LogP contribution in [-0.4, -0.2) is 53.1 Å². The van der Waals surface area contributed by atoms with Crippen LogP contribution in [0.3, 0.4) is 0 Å². The van der Waals surface area contributed by atoms with E-state index in [4.69, 9.17) is 23.2 Å². The van der Waals surface area contributed by atoms with Gasteiger partial charge in [0.05, 0.1) is 10.9 Å². The van der Waals surface area contributed by atoms with E-state index in [-0.39, 0.29) is 22.9 Å². The molecule has 2 fully saturated rings. The lowest BCUT2D eigenvalue weighted by atomic mass is 10.0. The topological polar surface area (TPSA) is 73.5 Å². The van der Waals surface area contributed by atoms with Gasteiger partial charge in [0.2, 0.25) is 5.91 Å².